The van der Waals surface area contributed by atoms with Crippen LogP contribution in [0, 0.1) is 0 Å². The first-order valence-electron chi connectivity index (χ1n) is 5.72. The van der Waals surface area contributed by atoms with Crippen LogP contribution < -0.4 is 10.9 Å². The van der Waals surface area contributed by atoms with Crippen LogP contribution in [0.15, 0.2) is 53.3 Å². The molecule has 1 aromatic carbocycles. The van der Waals surface area contributed by atoms with Crippen molar-refractivity contribution < 1.29 is 9.59 Å². The van der Waals surface area contributed by atoms with Crippen LogP contribution in [-0.4, -0.2) is 23.2 Å². The molecule has 0 saturated heterocycles. The smallest absolute Gasteiger partial charge is 0.268 e. The third-order valence-electron chi connectivity index (χ3n) is 2.52. The van der Waals surface area contributed by atoms with Gasteiger partial charge in [0.25, 0.3) is 5.91 Å². The lowest BCUT2D eigenvalue weighted by Gasteiger charge is -2.04. The van der Waals surface area contributed by atoms with E-state index in [2.05, 4.69) is 10.3 Å². The minimum atomic E-state index is -0.484. The summed E-state index contributed by atoms with van der Waals surface area (Å²) in [5, 5.41) is 2.47. The molecule has 2 aromatic rings. The van der Waals surface area contributed by atoms with Gasteiger partial charge in [-0.3, -0.25) is 14.4 Å². The van der Waals surface area contributed by atoms with E-state index in [4.69, 9.17) is 0 Å². The fraction of sp³-hybridized carbons (Fsp3) is 0.0714. The van der Waals surface area contributed by atoms with E-state index in [1.165, 1.54) is 18.2 Å². The second kappa shape index (κ2) is 5.77. The van der Waals surface area contributed by atoms with Crippen LogP contribution >= 0.6 is 0 Å². The number of hydrogen-bond acceptors (Lipinski definition) is 3. The average Bonchev–Trinajstić information content (AvgIpc) is 2.45. The standard InChI is InChI=1S/C14H12N2O3/c17-12(10-5-2-1-3-6-10)9-15-14(19)11-7-4-8-13(18)16-11/h1-8H,9H2,(H,15,19)(H,16,18). The van der Waals surface area contributed by atoms with Gasteiger partial charge < -0.3 is 10.3 Å². The van der Waals surface area contributed by atoms with Crippen molar-refractivity contribution in [1.82, 2.24) is 10.3 Å². The molecular weight excluding hydrogens is 244 g/mol. The van der Waals surface area contributed by atoms with E-state index in [1.54, 1.807) is 24.3 Å². The molecule has 1 amide bonds. The van der Waals surface area contributed by atoms with Gasteiger partial charge in [0.05, 0.1) is 6.54 Å². The van der Waals surface area contributed by atoms with Crippen molar-refractivity contribution in [2.75, 3.05) is 6.54 Å². The first-order valence-corrected chi connectivity index (χ1v) is 5.72. The molecule has 96 valence electrons. The number of Topliss-reactive ketones (excluding diaryl/α,β-unsaturated/α-hetero) is 1. The molecular formula is C14H12N2O3. The topological polar surface area (TPSA) is 79.0 Å². The zero-order valence-corrected chi connectivity index (χ0v) is 10.1. The predicted octanol–water partition coefficient (Wildman–Crippen LogP) is 0.988. The molecule has 0 spiro atoms. The number of aromatic amines is 1. The Kier molecular flexibility index (Phi) is 3.87. The van der Waals surface area contributed by atoms with Crippen molar-refractivity contribution in [2.45, 2.75) is 0 Å². The van der Waals surface area contributed by atoms with Gasteiger partial charge >= 0.3 is 0 Å². The molecule has 19 heavy (non-hydrogen) atoms. The normalized spacial score (nSPS) is 9.89. The molecule has 0 aliphatic rings. The van der Waals surface area contributed by atoms with Gasteiger partial charge in [-0.1, -0.05) is 36.4 Å². The molecule has 0 saturated carbocycles. The van der Waals surface area contributed by atoms with Gasteiger partial charge in [0.2, 0.25) is 5.56 Å². The third kappa shape index (κ3) is 3.38. The van der Waals surface area contributed by atoms with E-state index in [0.29, 0.717) is 5.56 Å². The second-order valence-corrected chi connectivity index (χ2v) is 3.90. The molecule has 0 atom stereocenters. The van der Waals surface area contributed by atoms with Gasteiger partial charge in [0, 0.05) is 11.6 Å². The Morgan fingerprint density at radius 1 is 1.00 bits per heavy atom. The quantitative estimate of drug-likeness (QED) is 0.800. The number of hydrogen-bond donors (Lipinski definition) is 2. The summed E-state index contributed by atoms with van der Waals surface area (Å²) in [6.07, 6.45) is 0. The number of amides is 1. The Labute approximate surface area is 109 Å². The molecule has 0 fully saturated rings. The zero-order valence-electron chi connectivity index (χ0n) is 10.1. The van der Waals surface area contributed by atoms with Gasteiger partial charge in [0.15, 0.2) is 5.78 Å². The van der Waals surface area contributed by atoms with E-state index in [1.807, 2.05) is 6.07 Å². The highest BCUT2D eigenvalue weighted by Crippen LogP contribution is 1.99. The fourth-order valence-corrected chi connectivity index (χ4v) is 1.56. The van der Waals surface area contributed by atoms with Gasteiger partial charge in [0.1, 0.15) is 5.69 Å². The third-order valence-corrected chi connectivity index (χ3v) is 2.52. The van der Waals surface area contributed by atoms with Crippen LogP contribution in [0.25, 0.3) is 0 Å². The molecule has 2 N–H and O–H groups in total. The van der Waals surface area contributed by atoms with E-state index in [-0.39, 0.29) is 23.6 Å². The van der Waals surface area contributed by atoms with E-state index >= 15 is 0 Å². The summed E-state index contributed by atoms with van der Waals surface area (Å²) in [4.78, 5) is 36.9. The van der Waals surface area contributed by atoms with Crippen LogP contribution in [-0.2, 0) is 0 Å². The van der Waals surface area contributed by atoms with Crippen LogP contribution in [0.5, 0.6) is 0 Å². The van der Waals surface area contributed by atoms with E-state index < -0.39 is 5.91 Å². The van der Waals surface area contributed by atoms with Crippen LogP contribution in [0.3, 0.4) is 0 Å². The number of rotatable bonds is 4. The number of ketones is 1. The summed E-state index contributed by atoms with van der Waals surface area (Å²) < 4.78 is 0. The van der Waals surface area contributed by atoms with Gasteiger partial charge in [-0.15, -0.1) is 0 Å². The number of aromatic nitrogens is 1. The van der Waals surface area contributed by atoms with Gasteiger partial charge in [-0.2, -0.15) is 0 Å². The number of H-pyrrole nitrogens is 1. The first kappa shape index (κ1) is 12.8. The monoisotopic (exact) mass is 256 g/mol. The minimum absolute atomic E-state index is 0.111. The van der Waals surface area contributed by atoms with Crippen LogP contribution in [0.4, 0.5) is 0 Å². The Balaban J connectivity index is 1.98. The lowest BCUT2D eigenvalue weighted by atomic mass is 10.1. The number of nitrogens with one attached hydrogen (secondary N) is 2. The summed E-state index contributed by atoms with van der Waals surface area (Å²) in [5.41, 5.74) is 0.305. The molecule has 5 heteroatoms. The largest absolute Gasteiger partial charge is 0.343 e. The number of carbonyl (C=O) groups is 2. The summed E-state index contributed by atoms with van der Waals surface area (Å²) in [6.45, 7) is -0.111. The summed E-state index contributed by atoms with van der Waals surface area (Å²) in [5.74, 6) is -0.672. The van der Waals surface area contributed by atoms with Crippen molar-refractivity contribution in [3.8, 4) is 0 Å². The highest BCUT2D eigenvalue weighted by Gasteiger charge is 2.09. The van der Waals surface area contributed by atoms with E-state index in [9.17, 15) is 14.4 Å². The molecule has 0 aliphatic heterocycles. The number of pyridine rings is 1. The Morgan fingerprint density at radius 3 is 2.42 bits per heavy atom. The fourth-order valence-electron chi connectivity index (χ4n) is 1.56. The van der Waals surface area contributed by atoms with Crippen molar-refractivity contribution in [3.63, 3.8) is 0 Å². The Hall–Kier alpha value is -2.69. The molecule has 0 aliphatic carbocycles. The predicted molar refractivity (Wildman–Crippen MR) is 70.2 cm³/mol. The number of benzene rings is 1. The Bertz CT molecular complexity index is 647. The second-order valence-electron chi connectivity index (χ2n) is 3.90. The minimum Gasteiger partial charge on any atom is -0.343 e. The maximum absolute atomic E-state index is 11.8. The molecule has 1 heterocycles. The lowest BCUT2D eigenvalue weighted by molar-refractivity contribution is 0.0900. The maximum atomic E-state index is 11.8. The average molecular weight is 256 g/mol. The highest BCUT2D eigenvalue weighted by molar-refractivity contribution is 6.01. The lowest BCUT2D eigenvalue weighted by Crippen LogP contribution is -2.31. The van der Waals surface area contributed by atoms with E-state index in [0.717, 1.165) is 0 Å². The highest BCUT2D eigenvalue weighted by atomic mass is 16.2. The summed E-state index contributed by atoms with van der Waals surface area (Å²) in [7, 11) is 0. The van der Waals surface area contributed by atoms with Crippen LogP contribution in [0.2, 0.25) is 0 Å². The molecule has 0 bridgehead atoms. The molecule has 0 radical (unpaired) electrons. The maximum Gasteiger partial charge on any atom is 0.268 e. The molecule has 1 aromatic heterocycles. The van der Waals surface area contributed by atoms with Crippen molar-refractivity contribution in [3.05, 3.63) is 70.1 Å². The number of carbonyl (C=O) groups excluding carboxylic acids is 2. The van der Waals surface area contributed by atoms with Crippen molar-refractivity contribution >= 4 is 11.7 Å². The summed E-state index contributed by atoms with van der Waals surface area (Å²) in [6, 6.07) is 12.9. The van der Waals surface area contributed by atoms with Crippen LogP contribution in [0.1, 0.15) is 20.8 Å². The first-order chi connectivity index (χ1) is 9.16. The molecule has 5 nitrogen and oxygen atoms in total. The summed E-state index contributed by atoms with van der Waals surface area (Å²) >= 11 is 0. The van der Waals surface area contributed by atoms with Gasteiger partial charge in [-0.25, -0.2) is 0 Å². The molecule has 0 unspecified atom stereocenters. The van der Waals surface area contributed by atoms with Crippen molar-refractivity contribution in [2.24, 2.45) is 0 Å². The van der Waals surface area contributed by atoms with Gasteiger partial charge in [-0.05, 0) is 6.07 Å². The molecule has 2 rings (SSSR count). The zero-order chi connectivity index (χ0) is 13.7. The Morgan fingerprint density at radius 2 is 1.74 bits per heavy atom. The SMILES string of the molecule is O=C(CNC(=O)c1cccc(=O)[nH]1)c1ccccc1. The van der Waals surface area contributed by atoms with Crippen molar-refractivity contribution in [1.29, 1.82) is 0 Å².